The van der Waals surface area contributed by atoms with E-state index in [1.54, 1.807) is 18.7 Å². The third kappa shape index (κ3) is 4.12. The number of nitrogens with one attached hydrogen (secondary N) is 1. The van der Waals surface area contributed by atoms with E-state index in [2.05, 4.69) is 20.5 Å². The molecule has 0 aliphatic heterocycles. The molecule has 0 atom stereocenters. The highest BCUT2D eigenvalue weighted by Gasteiger charge is 2.13. The maximum Gasteiger partial charge on any atom is 0.238 e. The van der Waals surface area contributed by atoms with Gasteiger partial charge in [-0.2, -0.15) is 0 Å². The molecule has 7 heteroatoms. The summed E-state index contributed by atoms with van der Waals surface area (Å²) in [4.78, 5) is 18.4. The number of amides is 1. The maximum absolute atomic E-state index is 12.4. The lowest BCUT2D eigenvalue weighted by Crippen LogP contribution is -2.30. The molecule has 7 nitrogen and oxygen atoms in total. The summed E-state index contributed by atoms with van der Waals surface area (Å²) in [5, 5.41) is 11.1. The molecule has 0 bridgehead atoms. The van der Waals surface area contributed by atoms with Gasteiger partial charge in [-0.15, -0.1) is 10.2 Å². The van der Waals surface area contributed by atoms with Crippen LogP contribution in [0.5, 0.6) is 0 Å². The minimum absolute atomic E-state index is 0.0558. The van der Waals surface area contributed by atoms with Crippen molar-refractivity contribution >= 4 is 11.6 Å². The van der Waals surface area contributed by atoms with Gasteiger partial charge in [0.2, 0.25) is 5.91 Å². The van der Waals surface area contributed by atoms with Crippen LogP contribution >= 0.6 is 0 Å². The van der Waals surface area contributed by atoms with Crippen molar-refractivity contribution in [3.8, 4) is 11.4 Å². The second kappa shape index (κ2) is 7.88. The van der Waals surface area contributed by atoms with Gasteiger partial charge in [-0.05, 0) is 43.3 Å². The van der Waals surface area contributed by atoms with Crippen molar-refractivity contribution in [1.29, 1.82) is 0 Å². The molecule has 0 unspecified atom stereocenters. The first kappa shape index (κ1) is 17.8. The van der Waals surface area contributed by atoms with Gasteiger partial charge >= 0.3 is 0 Å². The highest BCUT2D eigenvalue weighted by molar-refractivity contribution is 5.94. The summed E-state index contributed by atoms with van der Waals surface area (Å²) in [7, 11) is 3.82. The molecule has 1 amide bonds. The van der Waals surface area contributed by atoms with Crippen molar-refractivity contribution in [3.05, 3.63) is 60.2 Å². The summed E-state index contributed by atoms with van der Waals surface area (Å²) in [5.41, 5.74) is 3.82. The highest BCUT2D eigenvalue weighted by Crippen LogP contribution is 2.26. The van der Waals surface area contributed by atoms with Crippen LogP contribution < -0.4 is 5.32 Å². The van der Waals surface area contributed by atoms with E-state index in [1.165, 1.54) is 0 Å². The van der Waals surface area contributed by atoms with Crippen molar-refractivity contribution in [2.24, 2.45) is 7.05 Å². The van der Waals surface area contributed by atoms with Crippen LogP contribution in [0.25, 0.3) is 11.4 Å². The molecular formula is C19H22N6O. The molecule has 0 spiro atoms. The van der Waals surface area contributed by atoms with Crippen molar-refractivity contribution in [2.45, 2.75) is 13.5 Å². The van der Waals surface area contributed by atoms with Crippen molar-refractivity contribution in [3.63, 3.8) is 0 Å². The number of aryl methyl sites for hydroxylation is 1. The van der Waals surface area contributed by atoms with E-state index in [-0.39, 0.29) is 5.91 Å². The highest BCUT2D eigenvalue weighted by atomic mass is 16.2. The second-order valence-electron chi connectivity index (χ2n) is 6.32. The Morgan fingerprint density at radius 3 is 2.69 bits per heavy atom. The molecular weight excluding hydrogens is 328 g/mol. The van der Waals surface area contributed by atoms with E-state index in [1.807, 2.05) is 60.8 Å². The molecule has 3 rings (SSSR count). The number of likely N-dealkylation sites (N-methyl/N-ethyl adjacent to an activating group) is 1. The zero-order valence-electron chi connectivity index (χ0n) is 15.2. The molecule has 0 radical (unpaired) electrons. The fourth-order valence-corrected chi connectivity index (χ4v) is 2.83. The summed E-state index contributed by atoms with van der Waals surface area (Å²) in [6.07, 6.45) is 5.17. The van der Waals surface area contributed by atoms with Crippen LogP contribution in [0.1, 0.15) is 11.1 Å². The minimum Gasteiger partial charge on any atom is -0.325 e. The zero-order valence-corrected chi connectivity index (χ0v) is 15.2. The first-order valence-corrected chi connectivity index (χ1v) is 8.36. The van der Waals surface area contributed by atoms with Gasteiger partial charge in [0.25, 0.3) is 0 Å². The van der Waals surface area contributed by atoms with Gasteiger partial charge in [-0.3, -0.25) is 14.7 Å². The number of nitrogens with zero attached hydrogens (tertiary/aromatic N) is 5. The summed E-state index contributed by atoms with van der Waals surface area (Å²) < 4.78 is 1.86. The SMILES string of the molecule is Cc1c(NC(=O)CN(C)Cc2ccncc2)cccc1-c1nncn1C. The van der Waals surface area contributed by atoms with Crippen molar-refractivity contribution in [2.75, 3.05) is 18.9 Å². The number of pyridine rings is 1. The van der Waals surface area contributed by atoms with Crippen molar-refractivity contribution < 1.29 is 4.79 Å². The number of aromatic nitrogens is 4. The molecule has 0 saturated carbocycles. The Bertz CT molecular complexity index is 890. The van der Waals surface area contributed by atoms with Crippen molar-refractivity contribution in [1.82, 2.24) is 24.6 Å². The summed E-state index contributed by atoms with van der Waals surface area (Å²) in [6, 6.07) is 9.68. The fourth-order valence-electron chi connectivity index (χ4n) is 2.83. The molecule has 1 aromatic carbocycles. The normalized spacial score (nSPS) is 10.9. The molecule has 26 heavy (non-hydrogen) atoms. The Morgan fingerprint density at radius 1 is 1.23 bits per heavy atom. The van der Waals surface area contributed by atoms with Gasteiger partial charge in [-0.25, -0.2) is 0 Å². The Labute approximate surface area is 152 Å². The predicted molar refractivity (Wildman–Crippen MR) is 100 cm³/mol. The van der Waals surface area contributed by atoms with Gasteiger partial charge in [-0.1, -0.05) is 12.1 Å². The largest absolute Gasteiger partial charge is 0.325 e. The van der Waals surface area contributed by atoms with Crippen LogP contribution in [-0.4, -0.2) is 44.1 Å². The number of anilines is 1. The molecule has 2 aromatic heterocycles. The number of rotatable bonds is 6. The first-order chi connectivity index (χ1) is 12.5. The van der Waals surface area contributed by atoms with E-state index in [9.17, 15) is 4.79 Å². The third-order valence-electron chi connectivity index (χ3n) is 4.18. The number of carbonyl (C=O) groups excluding carboxylic acids is 1. The molecule has 0 aliphatic rings. The van der Waals surface area contributed by atoms with Gasteiger partial charge in [0.05, 0.1) is 6.54 Å². The Hall–Kier alpha value is -3.06. The average Bonchev–Trinajstić information content (AvgIpc) is 3.03. The zero-order chi connectivity index (χ0) is 18.5. The van der Waals surface area contributed by atoms with E-state index in [0.717, 1.165) is 28.2 Å². The number of hydrogen-bond acceptors (Lipinski definition) is 5. The van der Waals surface area contributed by atoms with E-state index >= 15 is 0 Å². The molecule has 0 fully saturated rings. The van der Waals surface area contributed by atoms with Crippen LogP contribution in [-0.2, 0) is 18.4 Å². The lowest BCUT2D eigenvalue weighted by molar-refractivity contribution is -0.117. The van der Waals surface area contributed by atoms with Crippen LogP contribution in [0.3, 0.4) is 0 Å². The Balaban J connectivity index is 1.67. The summed E-state index contributed by atoms with van der Waals surface area (Å²) in [5.74, 6) is 0.716. The minimum atomic E-state index is -0.0558. The van der Waals surface area contributed by atoms with Gasteiger partial charge in [0, 0.05) is 37.2 Å². The Morgan fingerprint density at radius 2 is 2.00 bits per heavy atom. The van der Waals surface area contributed by atoms with Crippen LogP contribution in [0.4, 0.5) is 5.69 Å². The Kier molecular flexibility index (Phi) is 5.38. The average molecular weight is 350 g/mol. The molecule has 2 heterocycles. The predicted octanol–water partition coefficient (Wildman–Crippen LogP) is 2.26. The molecule has 134 valence electrons. The second-order valence-corrected chi connectivity index (χ2v) is 6.32. The molecule has 3 aromatic rings. The smallest absolute Gasteiger partial charge is 0.238 e. The number of hydrogen-bond donors (Lipinski definition) is 1. The van der Waals surface area contributed by atoms with Crippen LogP contribution in [0.15, 0.2) is 49.1 Å². The van der Waals surface area contributed by atoms with Crippen LogP contribution in [0, 0.1) is 6.92 Å². The number of benzene rings is 1. The van der Waals surface area contributed by atoms with E-state index in [0.29, 0.717) is 13.1 Å². The topological polar surface area (TPSA) is 75.9 Å². The van der Waals surface area contributed by atoms with Gasteiger partial charge in [0.15, 0.2) is 5.82 Å². The molecule has 0 aliphatic carbocycles. The van der Waals surface area contributed by atoms with E-state index < -0.39 is 0 Å². The fraction of sp³-hybridized carbons (Fsp3) is 0.263. The standard InChI is InChI=1S/C19H22N6O/c1-14-16(19-23-21-13-25(19)3)5-4-6-17(14)22-18(26)12-24(2)11-15-7-9-20-10-8-15/h4-10,13H,11-12H2,1-3H3,(H,22,26). The van der Waals surface area contributed by atoms with E-state index in [4.69, 9.17) is 0 Å². The van der Waals surface area contributed by atoms with Gasteiger partial charge < -0.3 is 9.88 Å². The monoisotopic (exact) mass is 350 g/mol. The quantitative estimate of drug-likeness (QED) is 0.738. The number of carbonyl (C=O) groups is 1. The molecule has 0 saturated heterocycles. The summed E-state index contributed by atoms with van der Waals surface area (Å²) >= 11 is 0. The lowest BCUT2D eigenvalue weighted by Gasteiger charge is -2.17. The third-order valence-corrected chi connectivity index (χ3v) is 4.18. The first-order valence-electron chi connectivity index (χ1n) is 8.36. The summed E-state index contributed by atoms with van der Waals surface area (Å²) in [6.45, 7) is 2.96. The maximum atomic E-state index is 12.4. The molecule has 1 N–H and O–H groups in total. The van der Waals surface area contributed by atoms with Crippen LogP contribution in [0.2, 0.25) is 0 Å². The van der Waals surface area contributed by atoms with Gasteiger partial charge in [0.1, 0.15) is 6.33 Å². The lowest BCUT2D eigenvalue weighted by atomic mass is 10.1.